The van der Waals surface area contributed by atoms with Crippen molar-refractivity contribution in [2.45, 2.75) is 32.9 Å². The number of hydrogen-bond donors (Lipinski definition) is 1. The van der Waals surface area contributed by atoms with Crippen molar-refractivity contribution in [1.82, 2.24) is 15.1 Å². The van der Waals surface area contributed by atoms with Crippen LogP contribution in [0, 0.1) is 6.92 Å². The summed E-state index contributed by atoms with van der Waals surface area (Å²) in [6.45, 7) is 3.71. The molecule has 134 valence electrons. The van der Waals surface area contributed by atoms with Crippen molar-refractivity contribution in [2.75, 3.05) is 0 Å². The SMILES string of the molecule is CCC(NC(=O)Cn1nc(C)c2ccccc2c1=O)c1ccc(Cl)cc1. The molecule has 2 aromatic carbocycles. The van der Waals surface area contributed by atoms with Crippen LogP contribution < -0.4 is 10.9 Å². The molecule has 1 aromatic heterocycles. The van der Waals surface area contributed by atoms with E-state index in [9.17, 15) is 9.59 Å². The second kappa shape index (κ2) is 7.70. The van der Waals surface area contributed by atoms with E-state index in [1.165, 1.54) is 4.68 Å². The van der Waals surface area contributed by atoms with E-state index in [4.69, 9.17) is 11.6 Å². The molecule has 0 aliphatic rings. The number of hydrogen-bond acceptors (Lipinski definition) is 3. The third-order valence-corrected chi connectivity index (χ3v) is 4.61. The van der Waals surface area contributed by atoms with Crippen molar-refractivity contribution in [3.63, 3.8) is 0 Å². The van der Waals surface area contributed by atoms with E-state index in [0.717, 1.165) is 23.1 Å². The molecule has 6 heteroatoms. The number of halogens is 1. The van der Waals surface area contributed by atoms with Gasteiger partial charge in [0, 0.05) is 10.4 Å². The molecular weight excluding hydrogens is 350 g/mol. The molecule has 3 aromatic rings. The van der Waals surface area contributed by atoms with E-state index in [-0.39, 0.29) is 24.1 Å². The summed E-state index contributed by atoms with van der Waals surface area (Å²) in [7, 11) is 0. The van der Waals surface area contributed by atoms with Crippen molar-refractivity contribution in [2.24, 2.45) is 0 Å². The fourth-order valence-corrected chi connectivity index (χ4v) is 3.13. The highest BCUT2D eigenvalue weighted by Gasteiger charge is 2.15. The van der Waals surface area contributed by atoms with E-state index >= 15 is 0 Å². The highest BCUT2D eigenvalue weighted by Crippen LogP contribution is 2.19. The molecule has 1 amide bonds. The maximum absolute atomic E-state index is 12.6. The number of amides is 1. The number of aromatic nitrogens is 2. The fourth-order valence-electron chi connectivity index (χ4n) is 3.00. The molecule has 0 fully saturated rings. The first-order chi connectivity index (χ1) is 12.5. The van der Waals surface area contributed by atoms with E-state index < -0.39 is 0 Å². The number of carbonyl (C=O) groups is 1. The Labute approximate surface area is 156 Å². The largest absolute Gasteiger partial charge is 0.348 e. The molecule has 1 atom stereocenters. The Morgan fingerprint density at radius 3 is 2.46 bits per heavy atom. The van der Waals surface area contributed by atoms with E-state index in [0.29, 0.717) is 10.4 Å². The third-order valence-electron chi connectivity index (χ3n) is 4.36. The Kier molecular flexibility index (Phi) is 5.38. The standard InChI is InChI=1S/C20H20ClN3O2/c1-3-18(14-8-10-15(21)11-9-14)22-19(25)12-24-20(26)17-7-5-4-6-16(17)13(2)23-24/h4-11,18H,3,12H2,1-2H3,(H,22,25). The summed E-state index contributed by atoms with van der Waals surface area (Å²) in [5, 5.41) is 9.27. The summed E-state index contributed by atoms with van der Waals surface area (Å²) in [4.78, 5) is 25.1. The maximum Gasteiger partial charge on any atom is 0.275 e. The summed E-state index contributed by atoms with van der Waals surface area (Å²) >= 11 is 5.92. The van der Waals surface area contributed by atoms with Gasteiger partial charge in [-0.2, -0.15) is 5.10 Å². The van der Waals surface area contributed by atoms with Gasteiger partial charge >= 0.3 is 0 Å². The zero-order valence-corrected chi connectivity index (χ0v) is 15.5. The average Bonchev–Trinajstić information content (AvgIpc) is 2.65. The normalized spacial score (nSPS) is 12.1. The van der Waals surface area contributed by atoms with E-state index in [2.05, 4.69) is 10.4 Å². The number of benzene rings is 2. The first-order valence-corrected chi connectivity index (χ1v) is 8.88. The molecule has 0 spiro atoms. The minimum atomic E-state index is -0.263. The van der Waals surface area contributed by atoms with Crippen LogP contribution in [0.5, 0.6) is 0 Å². The molecule has 0 aliphatic carbocycles. The van der Waals surface area contributed by atoms with Gasteiger partial charge < -0.3 is 5.32 Å². The highest BCUT2D eigenvalue weighted by atomic mass is 35.5. The van der Waals surface area contributed by atoms with E-state index in [1.807, 2.05) is 38.1 Å². The fraction of sp³-hybridized carbons (Fsp3) is 0.250. The van der Waals surface area contributed by atoms with Gasteiger partial charge in [-0.3, -0.25) is 9.59 Å². The number of rotatable bonds is 5. The summed E-state index contributed by atoms with van der Waals surface area (Å²) in [5.41, 5.74) is 1.43. The lowest BCUT2D eigenvalue weighted by molar-refractivity contribution is -0.122. The van der Waals surface area contributed by atoms with Crippen LogP contribution in [0.2, 0.25) is 5.02 Å². The number of aryl methyl sites for hydroxylation is 1. The number of nitrogens with zero attached hydrogens (tertiary/aromatic N) is 2. The van der Waals surface area contributed by atoms with Gasteiger partial charge in [-0.15, -0.1) is 0 Å². The predicted octanol–water partition coefficient (Wildman–Crippen LogP) is 3.63. The van der Waals surface area contributed by atoms with Crippen LogP contribution in [0.1, 0.15) is 30.6 Å². The van der Waals surface area contributed by atoms with Crippen LogP contribution in [0.25, 0.3) is 10.8 Å². The maximum atomic E-state index is 12.6. The molecule has 0 aliphatic heterocycles. The lowest BCUT2D eigenvalue weighted by Crippen LogP contribution is -2.36. The number of fused-ring (bicyclic) bond motifs is 1. The van der Waals surface area contributed by atoms with Gasteiger partial charge in [-0.1, -0.05) is 48.9 Å². The van der Waals surface area contributed by atoms with Crippen LogP contribution in [-0.4, -0.2) is 15.7 Å². The topological polar surface area (TPSA) is 64.0 Å². The van der Waals surface area contributed by atoms with Gasteiger partial charge in [0.1, 0.15) is 6.54 Å². The lowest BCUT2D eigenvalue weighted by Gasteiger charge is -2.18. The summed E-state index contributed by atoms with van der Waals surface area (Å²) in [6.07, 6.45) is 0.729. The summed E-state index contributed by atoms with van der Waals surface area (Å²) in [6, 6.07) is 14.5. The average molecular weight is 370 g/mol. The van der Waals surface area contributed by atoms with Gasteiger partial charge in [-0.25, -0.2) is 4.68 Å². The van der Waals surface area contributed by atoms with Crippen LogP contribution in [0.4, 0.5) is 0 Å². The number of carbonyl (C=O) groups excluding carboxylic acids is 1. The third kappa shape index (κ3) is 3.78. The first-order valence-electron chi connectivity index (χ1n) is 8.51. The van der Waals surface area contributed by atoms with Crippen molar-refractivity contribution in [3.05, 3.63) is 75.2 Å². The van der Waals surface area contributed by atoms with Crippen LogP contribution in [-0.2, 0) is 11.3 Å². The Bertz CT molecular complexity index is 996. The van der Waals surface area contributed by atoms with Gasteiger partial charge in [0.15, 0.2) is 0 Å². The Morgan fingerprint density at radius 1 is 1.15 bits per heavy atom. The van der Waals surface area contributed by atoms with Crippen molar-refractivity contribution in [3.8, 4) is 0 Å². The van der Waals surface area contributed by atoms with Crippen LogP contribution >= 0.6 is 11.6 Å². The molecule has 0 bridgehead atoms. The number of nitrogens with one attached hydrogen (secondary N) is 1. The van der Waals surface area contributed by atoms with E-state index in [1.54, 1.807) is 24.3 Å². The predicted molar refractivity (Wildman–Crippen MR) is 103 cm³/mol. The van der Waals surface area contributed by atoms with Crippen molar-refractivity contribution in [1.29, 1.82) is 0 Å². The molecule has 0 saturated heterocycles. The Hall–Kier alpha value is -2.66. The van der Waals surface area contributed by atoms with Gasteiger partial charge in [0.2, 0.25) is 5.91 Å². The summed E-state index contributed by atoms with van der Waals surface area (Å²) in [5.74, 6) is -0.254. The van der Waals surface area contributed by atoms with Crippen molar-refractivity contribution >= 4 is 28.3 Å². The zero-order valence-electron chi connectivity index (χ0n) is 14.7. The lowest BCUT2D eigenvalue weighted by atomic mass is 10.0. The molecular formula is C20H20ClN3O2. The van der Waals surface area contributed by atoms with Gasteiger partial charge in [0.05, 0.1) is 17.1 Å². The quantitative estimate of drug-likeness (QED) is 0.747. The minimum absolute atomic E-state index is 0.116. The monoisotopic (exact) mass is 369 g/mol. The highest BCUT2D eigenvalue weighted by molar-refractivity contribution is 6.30. The smallest absolute Gasteiger partial charge is 0.275 e. The molecule has 1 heterocycles. The minimum Gasteiger partial charge on any atom is -0.348 e. The first kappa shape index (κ1) is 18.1. The van der Waals surface area contributed by atoms with Crippen molar-refractivity contribution < 1.29 is 4.79 Å². The Balaban J connectivity index is 1.81. The Morgan fingerprint density at radius 2 is 1.81 bits per heavy atom. The second-order valence-electron chi connectivity index (χ2n) is 6.17. The molecule has 26 heavy (non-hydrogen) atoms. The summed E-state index contributed by atoms with van der Waals surface area (Å²) < 4.78 is 1.22. The molecule has 3 rings (SSSR count). The van der Waals surface area contributed by atoms with Crippen LogP contribution in [0.3, 0.4) is 0 Å². The molecule has 0 saturated carbocycles. The second-order valence-corrected chi connectivity index (χ2v) is 6.61. The van der Waals surface area contributed by atoms with Gasteiger partial charge in [0.25, 0.3) is 5.56 Å². The molecule has 1 N–H and O–H groups in total. The van der Waals surface area contributed by atoms with Crippen LogP contribution in [0.15, 0.2) is 53.3 Å². The van der Waals surface area contributed by atoms with Gasteiger partial charge in [-0.05, 0) is 37.1 Å². The molecule has 5 nitrogen and oxygen atoms in total. The molecule has 0 radical (unpaired) electrons. The zero-order chi connectivity index (χ0) is 18.7. The molecule has 1 unspecified atom stereocenters.